The van der Waals surface area contributed by atoms with E-state index in [1.165, 1.54) is 0 Å². The van der Waals surface area contributed by atoms with Crippen LogP contribution in [-0.2, 0) is 9.47 Å². The number of anilines is 4. The van der Waals surface area contributed by atoms with E-state index < -0.39 is 0 Å². The van der Waals surface area contributed by atoms with Gasteiger partial charge in [0, 0.05) is 61.3 Å². The molecule has 2 bridgehead atoms. The molecule has 0 aliphatic carbocycles. The standard InChI is InChI=1S/C34H43N9O4/c1-22-21-46-17-16-43(22)33-38-30(37-32(39-33)42-19-28-12-13-29(20-42)47-28)23-4-8-25(9-5-23)35-34(45)36-26-10-6-24(7-11-26)31(44)41-15-14-27(18-41)40(2)3/h4-11,22,27-29H,12-21H2,1-3H3,(H2,35,36,45). The number of hydrogen-bond donors (Lipinski definition) is 2. The molecular weight excluding hydrogens is 598 g/mol. The molecule has 47 heavy (non-hydrogen) atoms. The van der Waals surface area contributed by atoms with Gasteiger partial charge in [0.1, 0.15) is 0 Å². The molecule has 7 rings (SSSR count). The number of benzene rings is 2. The van der Waals surface area contributed by atoms with Gasteiger partial charge in [0.2, 0.25) is 11.9 Å². The Hall–Kier alpha value is -4.33. The number of morpholine rings is 2. The number of ether oxygens (including phenoxy) is 2. The van der Waals surface area contributed by atoms with E-state index in [-0.39, 0.29) is 30.2 Å². The summed E-state index contributed by atoms with van der Waals surface area (Å²) in [4.78, 5) is 48.9. The van der Waals surface area contributed by atoms with Gasteiger partial charge in [0.15, 0.2) is 5.82 Å². The Morgan fingerprint density at radius 1 is 0.830 bits per heavy atom. The summed E-state index contributed by atoms with van der Waals surface area (Å²) in [6.07, 6.45) is 3.52. The lowest BCUT2D eigenvalue weighted by atomic mass is 10.2. The first-order chi connectivity index (χ1) is 22.8. The summed E-state index contributed by atoms with van der Waals surface area (Å²) in [7, 11) is 4.09. The Morgan fingerprint density at radius 2 is 1.49 bits per heavy atom. The lowest BCUT2D eigenvalue weighted by Gasteiger charge is -2.35. The van der Waals surface area contributed by atoms with E-state index in [1.807, 2.05) is 43.3 Å². The molecule has 2 N–H and O–H groups in total. The molecule has 0 radical (unpaired) electrons. The highest BCUT2D eigenvalue weighted by Gasteiger charge is 2.36. The third kappa shape index (κ3) is 7.02. The van der Waals surface area contributed by atoms with Gasteiger partial charge >= 0.3 is 6.03 Å². The lowest BCUT2D eigenvalue weighted by molar-refractivity contribution is 0.0299. The van der Waals surface area contributed by atoms with Gasteiger partial charge in [-0.05, 0) is 88.8 Å². The number of likely N-dealkylation sites (N-methyl/N-ethyl adjacent to an activating group) is 1. The number of urea groups is 1. The van der Waals surface area contributed by atoms with Crippen LogP contribution in [0, 0.1) is 0 Å². The van der Waals surface area contributed by atoms with Crippen molar-refractivity contribution >= 4 is 35.2 Å². The van der Waals surface area contributed by atoms with Gasteiger partial charge in [-0.15, -0.1) is 0 Å². The summed E-state index contributed by atoms with van der Waals surface area (Å²) in [6.45, 7) is 7.10. The van der Waals surface area contributed by atoms with E-state index in [9.17, 15) is 9.59 Å². The molecule has 4 atom stereocenters. The zero-order chi connectivity index (χ0) is 32.5. The Labute approximate surface area is 275 Å². The normalized spacial score (nSPS) is 24.1. The van der Waals surface area contributed by atoms with Crippen molar-refractivity contribution in [2.45, 2.75) is 50.5 Å². The molecule has 3 amide bonds. The second-order valence-corrected chi connectivity index (χ2v) is 13.1. The van der Waals surface area contributed by atoms with Crippen LogP contribution in [0.15, 0.2) is 48.5 Å². The average molecular weight is 642 g/mol. The summed E-state index contributed by atoms with van der Waals surface area (Å²) in [6, 6.07) is 14.7. The predicted octanol–water partition coefficient (Wildman–Crippen LogP) is 3.55. The quantitative estimate of drug-likeness (QED) is 0.395. The number of carbonyl (C=O) groups excluding carboxylic acids is 2. The summed E-state index contributed by atoms with van der Waals surface area (Å²) in [5.41, 5.74) is 2.67. The Bertz CT molecular complexity index is 1570. The maximum Gasteiger partial charge on any atom is 0.323 e. The minimum Gasteiger partial charge on any atom is -0.377 e. The smallest absolute Gasteiger partial charge is 0.323 e. The van der Waals surface area contributed by atoms with Crippen molar-refractivity contribution < 1.29 is 19.1 Å². The number of aromatic nitrogens is 3. The molecule has 4 saturated heterocycles. The Balaban J connectivity index is 1.01. The fraction of sp³-hybridized carbons (Fsp3) is 0.500. The molecular formula is C34H43N9O4. The third-order valence-electron chi connectivity index (χ3n) is 9.53. The van der Waals surface area contributed by atoms with Crippen molar-refractivity contribution in [1.29, 1.82) is 0 Å². The molecule has 4 unspecified atom stereocenters. The summed E-state index contributed by atoms with van der Waals surface area (Å²) >= 11 is 0. The summed E-state index contributed by atoms with van der Waals surface area (Å²) in [5.74, 6) is 1.90. The topological polar surface area (TPSA) is 128 Å². The number of rotatable bonds is 7. The van der Waals surface area contributed by atoms with E-state index in [2.05, 4.69) is 32.3 Å². The van der Waals surface area contributed by atoms with Crippen molar-refractivity contribution in [3.8, 4) is 11.4 Å². The minimum absolute atomic E-state index is 0.0133. The molecule has 1 aromatic heterocycles. The highest BCUT2D eigenvalue weighted by Crippen LogP contribution is 2.31. The molecule has 2 aromatic carbocycles. The van der Waals surface area contributed by atoms with Crippen molar-refractivity contribution in [3.63, 3.8) is 0 Å². The van der Waals surface area contributed by atoms with Gasteiger partial charge in [-0.3, -0.25) is 4.79 Å². The highest BCUT2D eigenvalue weighted by atomic mass is 16.5. The maximum atomic E-state index is 12.9. The second kappa shape index (κ2) is 13.4. The van der Waals surface area contributed by atoms with Crippen molar-refractivity contribution in [1.82, 2.24) is 24.8 Å². The first-order valence-corrected chi connectivity index (χ1v) is 16.5. The van der Waals surface area contributed by atoms with Crippen LogP contribution >= 0.6 is 0 Å². The summed E-state index contributed by atoms with van der Waals surface area (Å²) in [5, 5.41) is 5.74. The molecule has 5 heterocycles. The van der Waals surface area contributed by atoms with Gasteiger partial charge in [-0.2, -0.15) is 15.0 Å². The number of fused-ring (bicyclic) bond motifs is 2. The molecule has 4 fully saturated rings. The lowest BCUT2D eigenvalue weighted by Crippen LogP contribution is -2.46. The number of amides is 3. The number of likely N-dealkylation sites (tertiary alicyclic amines) is 1. The van der Waals surface area contributed by atoms with Crippen LogP contribution < -0.4 is 20.4 Å². The van der Waals surface area contributed by atoms with Crippen LogP contribution in [0.1, 0.15) is 36.5 Å². The van der Waals surface area contributed by atoms with E-state index in [0.29, 0.717) is 60.5 Å². The Morgan fingerprint density at radius 3 is 2.13 bits per heavy atom. The third-order valence-corrected chi connectivity index (χ3v) is 9.53. The van der Waals surface area contributed by atoms with Gasteiger partial charge < -0.3 is 39.7 Å². The fourth-order valence-electron chi connectivity index (χ4n) is 6.78. The van der Waals surface area contributed by atoms with Crippen LogP contribution in [0.2, 0.25) is 0 Å². The molecule has 4 aliphatic heterocycles. The predicted molar refractivity (Wildman–Crippen MR) is 180 cm³/mol. The minimum atomic E-state index is -0.377. The van der Waals surface area contributed by atoms with Gasteiger partial charge in [0.25, 0.3) is 5.91 Å². The van der Waals surface area contributed by atoms with Crippen molar-refractivity contribution in [2.24, 2.45) is 0 Å². The summed E-state index contributed by atoms with van der Waals surface area (Å²) < 4.78 is 11.7. The van der Waals surface area contributed by atoms with Gasteiger partial charge in [0.05, 0.1) is 31.5 Å². The van der Waals surface area contributed by atoms with Crippen LogP contribution in [-0.4, -0.2) is 121 Å². The molecule has 3 aromatic rings. The van der Waals surface area contributed by atoms with E-state index in [0.717, 1.165) is 51.0 Å². The number of carbonyl (C=O) groups is 2. The highest BCUT2D eigenvalue weighted by molar-refractivity contribution is 6.00. The first kappa shape index (κ1) is 31.3. The van der Waals surface area contributed by atoms with Gasteiger partial charge in [-0.25, -0.2) is 4.79 Å². The number of hydrogen-bond acceptors (Lipinski definition) is 10. The van der Waals surface area contributed by atoms with E-state index in [4.69, 9.17) is 24.4 Å². The van der Waals surface area contributed by atoms with Gasteiger partial charge in [-0.1, -0.05) is 0 Å². The van der Waals surface area contributed by atoms with E-state index in [1.54, 1.807) is 24.3 Å². The number of nitrogens with zero attached hydrogens (tertiary/aromatic N) is 7. The molecule has 0 saturated carbocycles. The maximum absolute atomic E-state index is 12.9. The zero-order valence-corrected chi connectivity index (χ0v) is 27.3. The van der Waals surface area contributed by atoms with Crippen molar-refractivity contribution in [3.05, 3.63) is 54.1 Å². The van der Waals surface area contributed by atoms with Crippen molar-refractivity contribution in [2.75, 3.05) is 80.5 Å². The molecule has 248 valence electrons. The molecule has 13 nitrogen and oxygen atoms in total. The average Bonchev–Trinajstić information content (AvgIpc) is 3.71. The molecule has 0 spiro atoms. The fourth-order valence-corrected chi connectivity index (χ4v) is 6.78. The molecule has 4 aliphatic rings. The first-order valence-electron chi connectivity index (χ1n) is 16.5. The SMILES string of the molecule is CC1COCCN1c1nc(-c2ccc(NC(=O)Nc3ccc(C(=O)N4CCC(N(C)C)C4)cc3)cc2)nc(N2CC3CCC(C2)O3)n1. The zero-order valence-electron chi connectivity index (χ0n) is 27.3. The second-order valence-electron chi connectivity index (χ2n) is 13.1. The Kier molecular flexibility index (Phi) is 8.93. The monoisotopic (exact) mass is 641 g/mol. The van der Waals surface area contributed by atoms with Crippen LogP contribution in [0.3, 0.4) is 0 Å². The van der Waals surface area contributed by atoms with Crippen LogP contribution in [0.4, 0.5) is 28.1 Å². The van der Waals surface area contributed by atoms with Crippen LogP contribution in [0.25, 0.3) is 11.4 Å². The largest absolute Gasteiger partial charge is 0.377 e. The van der Waals surface area contributed by atoms with Crippen LogP contribution in [0.5, 0.6) is 0 Å². The molecule has 13 heteroatoms. The van der Waals surface area contributed by atoms with E-state index >= 15 is 0 Å². The number of nitrogens with one attached hydrogen (secondary N) is 2.